The molecular formula is C16H29NO. The number of nitrogens with two attached hydrogens (primary N) is 1. The standard InChI is InChI=1S/C16H29NO/c1-16(2,18)14(9-17)8-15-12-4-10-3-11(6-12)7-13(15)5-10/h10-15,18H,3-9,17H2,1-2H3. The van der Waals surface area contributed by atoms with Crippen molar-refractivity contribution >= 4 is 0 Å². The second-order valence-corrected chi connectivity index (χ2v) is 7.92. The maximum atomic E-state index is 10.3. The molecule has 2 heteroatoms. The van der Waals surface area contributed by atoms with Crippen LogP contribution in [0.15, 0.2) is 0 Å². The van der Waals surface area contributed by atoms with Crippen molar-refractivity contribution in [3.05, 3.63) is 0 Å². The summed E-state index contributed by atoms with van der Waals surface area (Å²) in [6.45, 7) is 4.49. The monoisotopic (exact) mass is 251 g/mol. The van der Waals surface area contributed by atoms with Gasteiger partial charge in [-0.15, -0.1) is 0 Å². The van der Waals surface area contributed by atoms with Gasteiger partial charge in [0.25, 0.3) is 0 Å². The van der Waals surface area contributed by atoms with E-state index in [2.05, 4.69) is 0 Å². The lowest BCUT2D eigenvalue weighted by atomic mass is 9.50. The van der Waals surface area contributed by atoms with E-state index in [0.29, 0.717) is 6.54 Å². The van der Waals surface area contributed by atoms with Gasteiger partial charge in [0.2, 0.25) is 0 Å². The molecule has 0 saturated heterocycles. The van der Waals surface area contributed by atoms with E-state index in [1.54, 1.807) is 0 Å². The number of hydrogen-bond donors (Lipinski definition) is 2. The average Bonchev–Trinajstić information content (AvgIpc) is 2.25. The summed E-state index contributed by atoms with van der Waals surface area (Å²) in [6, 6.07) is 0. The maximum absolute atomic E-state index is 10.3. The first kappa shape index (κ1) is 12.9. The first-order valence-corrected chi connectivity index (χ1v) is 7.89. The van der Waals surface area contributed by atoms with Crippen LogP contribution < -0.4 is 5.73 Å². The Labute approximate surface area is 111 Å². The van der Waals surface area contributed by atoms with E-state index in [0.717, 1.165) is 36.0 Å². The molecule has 0 aliphatic heterocycles. The van der Waals surface area contributed by atoms with Gasteiger partial charge in [0, 0.05) is 0 Å². The Morgan fingerprint density at radius 3 is 1.94 bits per heavy atom. The van der Waals surface area contributed by atoms with Crippen molar-refractivity contribution in [3.8, 4) is 0 Å². The summed E-state index contributed by atoms with van der Waals surface area (Å²) in [6.07, 6.45) is 8.57. The van der Waals surface area contributed by atoms with Crippen molar-refractivity contribution in [3.63, 3.8) is 0 Å². The molecule has 4 rings (SSSR count). The molecule has 0 radical (unpaired) electrons. The summed E-state index contributed by atoms with van der Waals surface area (Å²) in [5.74, 6) is 5.14. The predicted molar refractivity (Wildman–Crippen MR) is 74.0 cm³/mol. The minimum absolute atomic E-state index is 0.278. The van der Waals surface area contributed by atoms with Gasteiger partial charge in [-0.3, -0.25) is 0 Å². The van der Waals surface area contributed by atoms with Crippen LogP contribution in [0.1, 0.15) is 52.4 Å². The molecule has 3 N–H and O–H groups in total. The highest BCUT2D eigenvalue weighted by Gasteiger charge is 2.49. The van der Waals surface area contributed by atoms with Crippen LogP contribution in [0, 0.1) is 35.5 Å². The van der Waals surface area contributed by atoms with Gasteiger partial charge in [-0.2, -0.15) is 0 Å². The first-order valence-electron chi connectivity index (χ1n) is 7.89. The van der Waals surface area contributed by atoms with Gasteiger partial charge in [-0.1, -0.05) is 0 Å². The molecule has 4 fully saturated rings. The van der Waals surface area contributed by atoms with E-state index >= 15 is 0 Å². The quantitative estimate of drug-likeness (QED) is 0.807. The summed E-state index contributed by atoms with van der Waals surface area (Å²) < 4.78 is 0. The van der Waals surface area contributed by atoms with Crippen LogP contribution in [-0.2, 0) is 0 Å². The van der Waals surface area contributed by atoms with E-state index in [4.69, 9.17) is 5.73 Å². The van der Waals surface area contributed by atoms with Gasteiger partial charge in [-0.25, -0.2) is 0 Å². The van der Waals surface area contributed by atoms with E-state index in [1.165, 1.54) is 32.1 Å². The fraction of sp³-hybridized carbons (Fsp3) is 1.00. The molecular weight excluding hydrogens is 222 g/mol. The lowest BCUT2D eigenvalue weighted by Crippen LogP contribution is -2.48. The zero-order chi connectivity index (χ0) is 12.9. The van der Waals surface area contributed by atoms with E-state index < -0.39 is 5.60 Å². The molecule has 4 saturated carbocycles. The fourth-order valence-corrected chi connectivity index (χ4v) is 5.42. The van der Waals surface area contributed by atoms with Crippen LogP contribution in [0.25, 0.3) is 0 Å². The molecule has 0 amide bonds. The lowest BCUT2D eigenvalue weighted by molar-refractivity contribution is -0.0657. The lowest BCUT2D eigenvalue weighted by Gasteiger charge is -2.55. The number of rotatable bonds is 4. The molecule has 18 heavy (non-hydrogen) atoms. The third-order valence-electron chi connectivity index (χ3n) is 6.26. The van der Waals surface area contributed by atoms with Crippen molar-refractivity contribution in [2.45, 2.75) is 58.0 Å². The molecule has 4 aliphatic carbocycles. The van der Waals surface area contributed by atoms with Gasteiger partial charge in [0.15, 0.2) is 0 Å². The SMILES string of the molecule is CC(C)(O)C(CN)CC1C2CC3CC(C2)CC1C3. The zero-order valence-corrected chi connectivity index (χ0v) is 11.9. The third kappa shape index (κ3) is 2.22. The summed E-state index contributed by atoms with van der Waals surface area (Å²) in [5.41, 5.74) is 5.29. The highest BCUT2D eigenvalue weighted by atomic mass is 16.3. The van der Waals surface area contributed by atoms with Gasteiger partial charge >= 0.3 is 0 Å². The second kappa shape index (κ2) is 4.49. The Bertz CT molecular complexity index is 279. The Kier molecular flexibility index (Phi) is 3.22. The predicted octanol–water partition coefficient (Wildman–Crippen LogP) is 2.79. The fourth-order valence-electron chi connectivity index (χ4n) is 5.42. The molecule has 0 spiro atoms. The van der Waals surface area contributed by atoms with E-state index in [9.17, 15) is 5.11 Å². The molecule has 4 aliphatic rings. The minimum Gasteiger partial charge on any atom is -0.390 e. The molecule has 0 heterocycles. The van der Waals surface area contributed by atoms with Gasteiger partial charge in [0.05, 0.1) is 5.60 Å². The van der Waals surface area contributed by atoms with Crippen LogP contribution in [0.4, 0.5) is 0 Å². The minimum atomic E-state index is -0.608. The Morgan fingerprint density at radius 2 is 1.56 bits per heavy atom. The zero-order valence-electron chi connectivity index (χ0n) is 11.9. The highest BCUT2D eigenvalue weighted by molar-refractivity contribution is 4.99. The maximum Gasteiger partial charge on any atom is 0.0631 e. The van der Waals surface area contributed by atoms with Gasteiger partial charge in [-0.05, 0) is 94.4 Å². The van der Waals surface area contributed by atoms with Crippen LogP contribution in [-0.4, -0.2) is 17.3 Å². The molecule has 0 aromatic carbocycles. The molecule has 0 aromatic rings. The Morgan fingerprint density at radius 1 is 1.06 bits per heavy atom. The molecule has 1 unspecified atom stereocenters. The van der Waals surface area contributed by atoms with Crippen LogP contribution >= 0.6 is 0 Å². The molecule has 0 aromatic heterocycles. The van der Waals surface area contributed by atoms with Crippen molar-refractivity contribution < 1.29 is 5.11 Å². The highest BCUT2D eigenvalue weighted by Crippen LogP contribution is 2.58. The molecule has 1 atom stereocenters. The normalized spacial score (nSPS) is 44.3. The van der Waals surface area contributed by atoms with Crippen LogP contribution in [0.3, 0.4) is 0 Å². The summed E-state index contributed by atoms with van der Waals surface area (Å²) in [5, 5.41) is 10.3. The van der Waals surface area contributed by atoms with Crippen LogP contribution in [0.5, 0.6) is 0 Å². The number of aliphatic hydroxyl groups is 1. The topological polar surface area (TPSA) is 46.2 Å². The van der Waals surface area contributed by atoms with E-state index in [1.807, 2.05) is 13.8 Å². The number of hydrogen-bond acceptors (Lipinski definition) is 2. The van der Waals surface area contributed by atoms with Gasteiger partial charge in [0.1, 0.15) is 0 Å². The van der Waals surface area contributed by atoms with Crippen molar-refractivity contribution in [1.29, 1.82) is 0 Å². The summed E-state index contributed by atoms with van der Waals surface area (Å²) >= 11 is 0. The third-order valence-corrected chi connectivity index (χ3v) is 6.26. The molecule has 2 nitrogen and oxygen atoms in total. The Hall–Kier alpha value is -0.0800. The molecule has 104 valence electrons. The van der Waals surface area contributed by atoms with Crippen molar-refractivity contribution in [1.82, 2.24) is 0 Å². The first-order chi connectivity index (χ1) is 8.47. The van der Waals surface area contributed by atoms with Gasteiger partial charge < -0.3 is 10.8 Å². The molecule has 4 bridgehead atoms. The van der Waals surface area contributed by atoms with Crippen molar-refractivity contribution in [2.24, 2.45) is 41.2 Å². The summed E-state index contributed by atoms with van der Waals surface area (Å²) in [7, 11) is 0. The summed E-state index contributed by atoms with van der Waals surface area (Å²) in [4.78, 5) is 0. The van der Waals surface area contributed by atoms with E-state index in [-0.39, 0.29) is 5.92 Å². The second-order valence-electron chi connectivity index (χ2n) is 7.92. The van der Waals surface area contributed by atoms with Crippen molar-refractivity contribution in [2.75, 3.05) is 6.54 Å². The largest absolute Gasteiger partial charge is 0.390 e. The smallest absolute Gasteiger partial charge is 0.0631 e. The Balaban J connectivity index is 1.69. The van der Waals surface area contributed by atoms with Crippen LogP contribution in [0.2, 0.25) is 0 Å². The average molecular weight is 251 g/mol.